The Morgan fingerprint density at radius 3 is 2.31 bits per heavy atom. The topological polar surface area (TPSA) is 49.5 Å². The Labute approximate surface area is 95.3 Å². The third-order valence-electron chi connectivity index (χ3n) is 3.32. The lowest BCUT2D eigenvalue weighted by Gasteiger charge is -2.19. The lowest BCUT2D eigenvalue weighted by atomic mass is 10.3. The molecule has 1 N–H and O–H groups in total. The number of rotatable bonds is 6. The molecule has 0 radical (unpaired) electrons. The summed E-state index contributed by atoms with van der Waals surface area (Å²) in [5.41, 5.74) is 0.631. The van der Waals surface area contributed by atoms with Gasteiger partial charge in [0.25, 0.3) is 6.01 Å². The molecule has 1 aromatic rings. The maximum atomic E-state index is 8.98. The Bertz CT molecular complexity index is 342. The zero-order valence-corrected chi connectivity index (χ0v) is 9.43. The molecule has 0 atom stereocenters. The Morgan fingerprint density at radius 1 is 1.25 bits per heavy atom. The van der Waals surface area contributed by atoms with Crippen molar-refractivity contribution in [3.05, 3.63) is 12.0 Å². The summed E-state index contributed by atoms with van der Waals surface area (Å²) in [6.07, 6.45) is 6.93. The summed E-state index contributed by atoms with van der Waals surface area (Å²) in [4.78, 5) is 6.56. The molecule has 1 heterocycles. The molecule has 0 unspecified atom stereocenters. The molecule has 4 nitrogen and oxygen atoms in total. The van der Waals surface area contributed by atoms with Crippen LogP contribution < -0.4 is 4.90 Å². The molecule has 0 spiro atoms. The van der Waals surface area contributed by atoms with E-state index in [-0.39, 0.29) is 6.61 Å². The van der Waals surface area contributed by atoms with Crippen molar-refractivity contribution in [2.24, 2.45) is 11.8 Å². The molecule has 4 heteroatoms. The maximum Gasteiger partial charge on any atom is 0.297 e. The minimum atomic E-state index is -0.0375. The number of hydrogen-bond acceptors (Lipinski definition) is 4. The number of aromatic nitrogens is 1. The average Bonchev–Trinajstić information content (AvgIpc) is 3.21. The molecule has 0 amide bonds. The van der Waals surface area contributed by atoms with Crippen molar-refractivity contribution in [1.82, 2.24) is 4.98 Å². The molecule has 16 heavy (non-hydrogen) atoms. The summed E-state index contributed by atoms with van der Waals surface area (Å²) in [7, 11) is 0. The highest BCUT2D eigenvalue weighted by Gasteiger charge is 2.31. The molecule has 0 aromatic carbocycles. The van der Waals surface area contributed by atoms with Gasteiger partial charge >= 0.3 is 0 Å². The molecule has 0 aliphatic heterocycles. The molecule has 2 aliphatic carbocycles. The van der Waals surface area contributed by atoms with Gasteiger partial charge in [-0.15, -0.1) is 0 Å². The van der Waals surface area contributed by atoms with Gasteiger partial charge in [0.2, 0.25) is 0 Å². The van der Waals surface area contributed by atoms with E-state index >= 15 is 0 Å². The van der Waals surface area contributed by atoms with E-state index in [9.17, 15) is 0 Å². The molecule has 3 rings (SSSR count). The van der Waals surface area contributed by atoms with Crippen LogP contribution in [-0.2, 0) is 6.61 Å². The van der Waals surface area contributed by atoms with Crippen molar-refractivity contribution >= 4 is 6.01 Å². The van der Waals surface area contributed by atoms with Crippen LogP contribution in [0.2, 0.25) is 0 Å². The van der Waals surface area contributed by atoms with Gasteiger partial charge in [0.15, 0.2) is 0 Å². The smallest absolute Gasteiger partial charge is 0.297 e. The molecule has 0 bridgehead atoms. The third kappa shape index (κ3) is 2.38. The zero-order chi connectivity index (χ0) is 11.0. The largest absolute Gasteiger partial charge is 0.432 e. The van der Waals surface area contributed by atoms with Crippen LogP contribution in [0.3, 0.4) is 0 Å². The van der Waals surface area contributed by atoms with Crippen LogP contribution in [0.1, 0.15) is 31.4 Å². The van der Waals surface area contributed by atoms with Gasteiger partial charge in [-0.05, 0) is 37.5 Å². The van der Waals surface area contributed by atoms with E-state index in [1.165, 1.54) is 25.7 Å². The predicted octanol–water partition coefficient (Wildman–Crippen LogP) is 1.79. The molecular weight excluding hydrogens is 204 g/mol. The number of aliphatic hydroxyl groups is 1. The molecule has 2 aliphatic rings. The number of nitrogens with zero attached hydrogens (tertiary/aromatic N) is 2. The summed E-state index contributed by atoms with van der Waals surface area (Å²) in [6.45, 7) is 2.11. The maximum absolute atomic E-state index is 8.98. The highest BCUT2D eigenvalue weighted by molar-refractivity contribution is 5.28. The van der Waals surface area contributed by atoms with Crippen molar-refractivity contribution in [3.8, 4) is 0 Å². The van der Waals surface area contributed by atoms with Crippen LogP contribution in [0.15, 0.2) is 10.7 Å². The lowest BCUT2D eigenvalue weighted by Crippen LogP contribution is -2.28. The Morgan fingerprint density at radius 2 is 1.88 bits per heavy atom. The second-order valence-electron chi connectivity index (χ2n) is 5.07. The van der Waals surface area contributed by atoms with Gasteiger partial charge in [-0.25, -0.2) is 0 Å². The summed E-state index contributed by atoms with van der Waals surface area (Å²) in [6, 6.07) is 0.697. The standard InChI is InChI=1S/C12H18N2O2/c15-7-11-8-16-12(13-11)14(5-9-1-2-9)6-10-3-4-10/h8-10,15H,1-7H2. The second-order valence-corrected chi connectivity index (χ2v) is 5.07. The van der Waals surface area contributed by atoms with Crippen LogP contribution in [0.5, 0.6) is 0 Å². The summed E-state index contributed by atoms with van der Waals surface area (Å²) in [5.74, 6) is 1.67. The zero-order valence-electron chi connectivity index (χ0n) is 9.43. The number of oxazole rings is 1. The van der Waals surface area contributed by atoms with E-state index < -0.39 is 0 Å². The van der Waals surface area contributed by atoms with Crippen molar-refractivity contribution in [3.63, 3.8) is 0 Å². The molecule has 1 aromatic heterocycles. The fraction of sp³-hybridized carbons (Fsp3) is 0.750. The van der Waals surface area contributed by atoms with E-state index in [2.05, 4.69) is 9.88 Å². The van der Waals surface area contributed by atoms with E-state index in [4.69, 9.17) is 9.52 Å². The number of hydrogen-bond donors (Lipinski definition) is 1. The Kier molecular flexibility index (Phi) is 2.59. The predicted molar refractivity (Wildman–Crippen MR) is 60.1 cm³/mol. The van der Waals surface area contributed by atoms with E-state index in [1.807, 2.05) is 0 Å². The fourth-order valence-corrected chi connectivity index (χ4v) is 1.97. The van der Waals surface area contributed by atoms with Gasteiger partial charge in [0.05, 0.1) is 6.61 Å². The SMILES string of the molecule is OCc1coc(N(CC2CC2)CC2CC2)n1. The first-order valence-corrected chi connectivity index (χ1v) is 6.15. The van der Waals surface area contributed by atoms with Crippen LogP contribution in [0, 0.1) is 11.8 Å². The van der Waals surface area contributed by atoms with E-state index in [0.717, 1.165) is 24.9 Å². The quantitative estimate of drug-likeness (QED) is 0.797. The highest BCUT2D eigenvalue weighted by Crippen LogP contribution is 2.35. The van der Waals surface area contributed by atoms with Crippen molar-refractivity contribution in [1.29, 1.82) is 0 Å². The molecule has 0 saturated heterocycles. The van der Waals surface area contributed by atoms with Gasteiger partial charge in [0.1, 0.15) is 12.0 Å². The number of aliphatic hydroxyl groups excluding tert-OH is 1. The molecule has 2 fully saturated rings. The number of anilines is 1. The summed E-state index contributed by atoms with van der Waals surface area (Å²) >= 11 is 0. The second kappa shape index (κ2) is 4.09. The van der Waals surface area contributed by atoms with E-state index in [1.54, 1.807) is 6.26 Å². The van der Waals surface area contributed by atoms with Gasteiger partial charge in [0, 0.05) is 13.1 Å². The molecular formula is C12H18N2O2. The summed E-state index contributed by atoms with van der Waals surface area (Å²) in [5, 5.41) is 8.98. The fourth-order valence-electron chi connectivity index (χ4n) is 1.97. The monoisotopic (exact) mass is 222 g/mol. The molecule has 2 saturated carbocycles. The molecule has 88 valence electrons. The lowest BCUT2D eigenvalue weighted by molar-refractivity contribution is 0.276. The van der Waals surface area contributed by atoms with Crippen LogP contribution >= 0.6 is 0 Å². The van der Waals surface area contributed by atoms with Crippen molar-refractivity contribution < 1.29 is 9.52 Å². The van der Waals surface area contributed by atoms with Crippen LogP contribution in [0.25, 0.3) is 0 Å². The van der Waals surface area contributed by atoms with Crippen molar-refractivity contribution in [2.75, 3.05) is 18.0 Å². The minimum absolute atomic E-state index is 0.0375. The van der Waals surface area contributed by atoms with E-state index in [0.29, 0.717) is 11.7 Å². The third-order valence-corrected chi connectivity index (χ3v) is 3.32. The van der Waals surface area contributed by atoms with Gasteiger partial charge in [-0.2, -0.15) is 4.98 Å². The first-order valence-electron chi connectivity index (χ1n) is 6.15. The van der Waals surface area contributed by atoms with Gasteiger partial charge < -0.3 is 14.4 Å². The van der Waals surface area contributed by atoms with Crippen LogP contribution in [0.4, 0.5) is 6.01 Å². The average molecular weight is 222 g/mol. The Hall–Kier alpha value is -1.03. The van der Waals surface area contributed by atoms with Crippen LogP contribution in [-0.4, -0.2) is 23.2 Å². The van der Waals surface area contributed by atoms with Gasteiger partial charge in [-0.3, -0.25) is 0 Å². The highest BCUT2D eigenvalue weighted by atomic mass is 16.4. The minimum Gasteiger partial charge on any atom is -0.432 e. The first-order chi connectivity index (χ1) is 7.85. The normalized spacial score (nSPS) is 20.1. The Balaban J connectivity index is 1.68. The summed E-state index contributed by atoms with van der Waals surface area (Å²) < 4.78 is 5.43. The van der Waals surface area contributed by atoms with Gasteiger partial charge in [-0.1, -0.05) is 0 Å². The van der Waals surface area contributed by atoms with Crippen molar-refractivity contribution in [2.45, 2.75) is 32.3 Å². The first kappa shape index (κ1) is 10.1.